The molecule has 0 aromatic heterocycles. The molecule has 0 aliphatic carbocycles. The third kappa shape index (κ3) is 5.28. The van der Waals surface area contributed by atoms with Gasteiger partial charge in [-0.2, -0.15) is 0 Å². The smallest absolute Gasteiger partial charge is 0.305 e. The van der Waals surface area contributed by atoms with Crippen molar-refractivity contribution in [2.75, 3.05) is 13.7 Å². The molecule has 0 saturated heterocycles. The fraction of sp³-hybridized carbons (Fsp3) is 0.429. The van der Waals surface area contributed by atoms with Gasteiger partial charge in [0.15, 0.2) is 0 Å². The first-order valence-corrected chi connectivity index (χ1v) is 7.90. The molecule has 1 aromatic carbocycles. The maximum Gasteiger partial charge on any atom is 0.305 e. The molecule has 0 spiro atoms. The topological polar surface area (TPSA) is 89.5 Å². The molecule has 0 bridgehead atoms. The van der Waals surface area contributed by atoms with Gasteiger partial charge in [0.2, 0.25) is 10.0 Å². The summed E-state index contributed by atoms with van der Waals surface area (Å²) in [6.07, 6.45) is -0.108. The van der Waals surface area contributed by atoms with Crippen LogP contribution in [-0.2, 0) is 24.3 Å². The number of Topliss-reactive ketones (excluding diaryl/α,β-unsaturated/α-hetero) is 1. The number of carbonyl (C=O) groups excluding carboxylic acids is 2. The molecule has 0 fully saturated rings. The van der Waals surface area contributed by atoms with Gasteiger partial charge in [-0.25, -0.2) is 13.1 Å². The van der Waals surface area contributed by atoms with E-state index < -0.39 is 16.0 Å². The van der Waals surface area contributed by atoms with Crippen LogP contribution < -0.4 is 4.72 Å². The molecule has 0 amide bonds. The van der Waals surface area contributed by atoms with Crippen LogP contribution in [0, 0.1) is 13.8 Å². The SMILES string of the molecule is COC(=O)CCC(=O)CNS(=O)(=O)c1ccc(C)c(C)c1. The Kier molecular flexibility index (Phi) is 6.04. The van der Waals surface area contributed by atoms with Crippen molar-refractivity contribution < 1.29 is 22.7 Å². The van der Waals surface area contributed by atoms with Crippen LogP contribution in [0.5, 0.6) is 0 Å². The lowest BCUT2D eigenvalue weighted by molar-refractivity contribution is -0.141. The zero-order valence-corrected chi connectivity index (χ0v) is 13.1. The lowest BCUT2D eigenvalue weighted by Crippen LogP contribution is -2.30. The number of ether oxygens (including phenoxy) is 1. The van der Waals surface area contributed by atoms with E-state index in [-0.39, 0.29) is 30.1 Å². The summed E-state index contributed by atoms with van der Waals surface area (Å²) in [5.74, 6) is -0.867. The van der Waals surface area contributed by atoms with Crippen molar-refractivity contribution >= 4 is 21.8 Å². The minimum absolute atomic E-state index is 0.0535. The first-order valence-electron chi connectivity index (χ1n) is 6.41. The first kappa shape index (κ1) is 17.3. The Labute approximate surface area is 124 Å². The minimum atomic E-state index is -3.73. The van der Waals surface area contributed by atoms with Gasteiger partial charge >= 0.3 is 5.97 Å². The zero-order chi connectivity index (χ0) is 16.0. The lowest BCUT2D eigenvalue weighted by atomic mass is 10.1. The molecule has 1 aromatic rings. The van der Waals surface area contributed by atoms with Gasteiger partial charge in [-0.15, -0.1) is 0 Å². The molecule has 0 saturated carbocycles. The van der Waals surface area contributed by atoms with Crippen molar-refractivity contribution in [2.24, 2.45) is 0 Å². The number of esters is 1. The Hall–Kier alpha value is -1.73. The molecule has 0 unspecified atom stereocenters. The highest BCUT2D eigenvalue weighted by atomic mass is 32.2. The number of sulfonamides is 1. The van der Waals surface area contributed by atoms with E-state index in [0.29, 0.717) is 0 Å². The summed E-state index contributed by atoms with van der Waals surface area (Å²) in [5.41, 5.74) is 1.85. The number of carbonyl (C=O) groups is 2. The van der Waals surface area contributed by atoms with Crippen molar-refractivity contribution in [1.29, 1.82) is 0 Å². The van der Waals surface area contributed by atoms with Crippen LogP contribution >= 0.6 is 0 Å². The van der Waals surface area contributed by atoms with E-state index in [4.69, 9.17) is 0 Å². The van der Waals surface area contributed by atoms with Crippen molar-refractivity contribution in [3.05, 3.63) is 29.3 Å². The van der Waals surface area contributed by atoms with Crippen LogP contribution in [-0.4, -0.2) is 33.8 Å². The van der Waals surface area contributed by atoms with Crippen molar-refractivity contribution in [3.8, 4) is 0 Å². The normalized spacial score (nSPS) is 11.2. The number of methoxy groups -OCH3 is 1. The summed E-state index contributed by atoms with van der Waals surface area (Å²) in [6, 6.07) is 4.75. The highest BCUT2D eigenvalue weighted by Crippen LogP contribution is 2.14. The Morgan fingerprint density at radius 3 is 2.38 bits per heavy atom. The second kappa shape index (κ2) is 7.33. The van der Waals surface area contributed by atoms with Crippen molar-refractivity contribution in [1.82, 2.24) is 4.72 Å². The second-order valence-corrected chi connectivity index (χ2v) is 6.45. The molecule has 0 aliphatic rings. The number of ketones is 1. The van der Waals surface area contributed by atoms with E-state index in [1.54, 1.807) is 12.1 Å². The Balaban J connectivity index is 2.62. The summed E-state index contributed by atoms with van der Waals surface area (Å²) in [7, 11) is -2.49. The predicted molar refractivity (Wildman–Crippen MR) is 77.4 cm³/mol. The van der Waals surface area contributed by atoms with Gasteiger partial charge in [-0.1, -0.05) is 6.07 Å². The van der Waals surface area contributed by atoms with Gasteiger partial charge in [0, 0.05) is 6.42 Å². The zero-order valence-electron chi connectivity index (χ0n) is 12.3. The molecular formula is C14H19NO5S. The molecule has 1 N–H and O–H groups in total. The summed E-state index contributed by atoms with van der Waals surface area (Å²) in [6.45, 7) is 3.36. The Morgan fingerprint density at radius 1 is 1.14 bits per heavy atom. The summed E-state index contributed by atoms with van der Waals surface area (Å²) in [5, 5.41) is 0. The van der Waals surface area contributed by atoms with E-state index in [2.05, 4.69) is 9.46 Å². The maximum atomic E-state index is 12.0. The number of hydrogen-bond donors (Lipinski definition) is 1. The molecule has 116 valence electrons. The van der Waals surface area contributed by atoms with Gasteiger partial charge in [0.1, 0.15) is 5.78 Å². The van der Waals surface area contributed by atoms with E-state index in [1.807, 2.05) is 13.8 Å². The quantitative estimate of drug-likeness (QED) is 0.762. The number of benzene rings is 1. The van der Waals surface area contributed by atoms with Gasteiger partial charge in [-0.05, 0) is 37.1 Å². The van der Waals surface area contributed by atoms with Crippen LogP contribution in [0.2, 0.25) is 0 Å². The van der Waals surface area contributed by atoms with Gasteiger partial charge in [0.25, 0.3) is 0 Å². The van der Waals surface area contributed by atoms with E-state index in [9.17, 15) is 18.0 Å². The minimum Gasteiger partial charge on any atom is -0.469 e. The van der Waals surface area contributed by atoms with Crippen LogP contribution in [0.25, 0.3) is 0 Å². The fourth-order valence-electron chi connectivity index (χ4n) is 1.57. The van der Waals surface area contributed by atoms with Gasteiger partial charge < -0.3 is 4.74 Å². The molecule has 0 atom stereocenters. The van der Waals surface area contributed by atoms with Crippen LogP contribution in [0.15, 0.2) is 23.1 Å². The summed E-state index contributed by atoms with van der Waals surface area (Å²) >= 11 is 0. The standard InChI is InChI=1S/C14H19NO5S/c1-10-4-6-13(8-11(10)2)21(18,19)15-9-12(16)5-7-14(17)20-3/h4,6,8,15H,5,7,9H2,1-3H3. The first-order chi connectivity index (χ1) is 9.76. The van der Waals surface area contributed by atoms with Crippen molar-refractivity contribution in [2.45, 2.75) is 31.6 Å². The van der Waals surface area contributed by atoms with Crippen molar-refractivity contribution in [3.63, 3.8) is 0 Å². The molecule has 6 nitrogen and oxygen atoms in total. The summed E-state index contributed by atoms with van der Waals surface area (Å²) in [4.78, 5) is 22.5. The largest absolute Gasteiger partial charge is 0.469 e. The third-order valence-electron chi connectivity index (χ3n) is 3.08. The number of hydrogen-bond acceptors (Lipinski definition) is 5. The average molecular weight is 313 g/mol. The Bertz CT molecular complexity index is 637. The highest BCUT2D eigenvalue weighted by Gasteiger charge is 2.16. The van der Waals surface area contributed by atoms with E-state index in [0.717, 1.165) is 11.1 Å². The molecule has 21 heavy (non-hydrogen) atoms. The monoisotopic (exact) mass is 313 g/mol. The van der Waals surface area contributed by atoms with Crippen LogP contribution in [0.1, 0.15) is 24.0 Å². The molecule has 0 heterocycles. The third-order valence-corrected chi connectivity index (χ3v) is 4.48. The van der Waals surface area contributed by atoms with E-state index in [1.165, 1.54) is 13.2 Å². The molecular weight excluding hydrogens is 294 g/mol. The van der Waals surface area contributed by atoms with Gasteiger partial charge in [-0.3, -0.25) is 9.59 Å². The van der Waals surface area contributed by atoms with E-state index >= 15 is 0 Å². The predicted octanol–water partition coefficient (Wildman–Crippen LogP) is 1.10. The fourth-order valence-corrected chi connectivity index (χ4v) is 2.67. The molecule has 1 rings (SSSR count). The summed E-state index contributed by atoms with van der Waals surface area (Å²) < 4.78 is 30.7. The Morgan fingerprint density at radius 2 is 1.81 bits per heavy atom. The highest BCUT2D eigenvalue weighted by molar-refractivity contribution is 7.89. The number of rotatable bonds is 7. The maximum absolute atomic E-state index is 12.0. The average Bonchev–Trinajstić information content (AvgIpc) is 2.45. The lowest BCUT2D eigenvalue weighted by Gasteiger charge is -2.08. The molecule has 0 aliphatic heterocycles. The van der Waals surface area contributed by atoms with Gasteiger partial charge in [0.05, 0.1) is 25.0 Å². The number of nitrogens with one attached hydrogen (secondary N) is 1. The van der Waals surface area contributed by atoms with Crippen LogP contribution in [0.3, 0.4) is 0 Å². The number of aryl methyl sites for hydroxylation is 2. The molecule has 0 radical (unpaired) electrons. The second-order valence-electron chi connectivity index (χ2n) is 4.69. The molecule has 7 heteroatoms. The van der Waals surface area contributed by atoms with Crippen LogP contribution in [0.4, 0.5) is 0 Å².